The summed E-state index contributed by atoms with van der Waals surface area (Å²) in [6, 6.07) is 17.2. The number of hydrogen-bond acceptors (Lipinski definition) is 6. The van der Waals surface area contributed by atoms with E-state index < -0.39 is 11.9 Å². The second-order valence-electron chi connectivity index (χ2n) is 8.31. The van der Waals surface area contributed by atoms with E-state index in [9.17, 15) is 14.7 Å². The predicted molar refractivity (Wildman–Crippen MR) is 157 cm³/mol. The smallest absolute Gasteiger partial charge is 0.344 e. The molecule has 4 rings (SSSR count). The summed E-state index contributed by atoms with van der Waals surface area (Å²) in [5, 5.41) is 12.3. The number of hydrogen-bond donors (Lipinski definition) is 1. The van der Waals surface area contributed by atoms with Gasteiger partial charge < -0.3 is 14.6 Å². The average Bonchev–Trinajstić information content (AvgIpc) is 3.19. The molecule has 10 heteroatoms. The summed E-state index contributed by atoms with van der Waals surface area (Å²) in [6.07, 6.45) is 1.63. The van der Waals surface area contributed by atoms with E-state index in [1.54, 1.807) is 74.5 Å². The van der Waals surface area contributed by atoms with Crippen molar-refractivity contribution in [2.24, 2.45) is 4.99 Å². The van der Waals surface area contributed by atoms with E-state index in [1.165, 1.54) is 0 Å². The molecule has 0 bridgehead atoms. The van der Waals surface area contributed by atoms with Crippen molar-refractivity contribution in [1.82, 2.24) is 0 Å². The van der Waals surface area contributed by atoms with Gasteiger partial charge in [-0.25, -0.2) is 9.79 Å². The van der Waals surface area contributed by atoms with Crippen molar-refractivity contribution >= 4 is 69.6 Å². The predicted octanol–water partition coefficient (Wildman–Crippen LogP) is 8.24. The Morgan fingerprint density at radius 2 is 1.79 bits per heavy atom. The highest BCUT2D eigenvalue weighted by molar-refractivity contribution is 8.18. The van der Waals surface area contributed by atoms with Gasteiger partial charge in [0.1, 0.15) is 28.7 Å². The number of esters is 1. The highest BCUT2D eigenvalue weighted by Gasteiger charge is 2.34. The molecule has 39 heavy (non-hydrogen) atoms. The number of ether oxygens (including phenoxy) is 2. The van der Waals surface area contributed by atoms with Gasteiger partial charge in [-0.2, -0.15) is 0 Å². The zero-order valence-corrected chi connectivity index (χ0v) is 23.9. The number of thioether (sulfide) groups is 1. The third kappa shape index (κ3) is 6.86. The lowest BCUT2D eigenvalue weighted by atomic mass is 10.1. The number of halogens is 3. The number of nitrogens with zero attached hydrogens (tertiary/aromatic N) is 1. The Hall–Kier alpha value is -3.23. The van der Waals surface area contributed by atoms with Crippen molar-refractivity contribution < 1.29 is 24.2 Å². The number of carbonyl (C=O) groups excluding carboxylic acids is 2. The quantitative estimate of drug-likeness (QED) is 0.274. The zero-order valence-electron chi connectivity index (χ0n) is 20.8. The first kappa shape index (κ1) is 28.8. The molecule has 0 radical (unpaired) electrons. The first-order valence-electron chi connectivity index (χ1n) is 11.7. The molecule has 0 aromatic heterocycles. The minimum atomic E-state index is -0.773. The number of carbonyl (C=O) groups is 2. The van der Waals surface area contributed by atoms with Crippen LogP contribution in [0.2, 0.25) is 15.1 Å². The van der Waals surface area contributed by atoms with E-state index in [-0.39, 0.29) is 29.6 Å². The lowest BCUT2D eigenvalue weighted by Gasteiger charge is -2.10. The van der Waals surface area contributed by atoms with E-state index in [0.29, 0.717) is 36.8 Å². The zero-order chi connectivity index (χ0) is 28.1. The van der Waals surface area contributed by atoms with Gasteiger partial charge >= 0.3 is 5.97 Å². The summed E-state index contributed by atoms with van der Waals surface area (Å²) in [5.74, 6) is -1.20. The Morgan fingerprint density at radius 1 is 1.03 bits per heavy atom. The van der Waals surface area contributed by atoms with Crippen molar-refractivity contribution in [3.05, 3.63) is 114 Å². The summed E-state index contributed by atoms with van der Waals surface area (Å²) >= 11 is 19.6. The molecule has 1 aliphatic rings. The summed E-state index contributed by atoms with van der Waals surface area (Å²) < 4.78 is 10.9. The van der Waals surface area contributed by atoms with E-state index in [4.69, 9.17) is 44.3 Å². The summed E-state index contributed by atoms with van der Waals surface area (Å²) in [7, 11) is 0. The van der Waals surface area contributed by atoms with Crippen LogP contribution in [0.25, 0.3) is 6.08 Å². The molecule has 0 saturated carbocycles. The largest absolute Gasteiger partial charge is 0.506 e. The first-order chi connectivity index (χ1) is 18.7. The fourth-order valence-corrected chi connectivity index (χ4v) is 5.35. The Balaban J connectivity index is 1.60. The van der Waals surface area contributed by atoms with Crippen molar-refractivity contribution in [1.29, 1.82) is 0 Å². The highest BCUT2D eigenvalue weighted by Crippen LogP contribution is 2.40. The van der Waals surface area contributed by atoms with Gasteiger partial charge in [-0.3, -0.25) is 4.79 Å². The van der Waals surface area contributed by atoms with Crippen LogP contribution in [0.15, 0.2) is 81.9 Å². The summed E-state index contributed by atoms with van der Waals surface area (Å²) in [5.41, 5.74) is 2.35. The molecule has 1 N–H and O–H groups in total. The molecule has 0 atom stereocenters. The monoisotopic (exact) mass is 601 g/mol. The van der Waals surface area contributed by atoms with Crippen molar-refractivity contribution in [3.63, 3.8) is 0 Å². The molecule has 3 aromatic carbocycles. The molecule has 0 aliphatic carbocycles. The molecule has 0 unspecified atom stereocenters. The van der Waals surface area contributed by atoms with E-state index in [0.717, 1.165) is 22.9 Å². The second-order valence-corrected chi connectivity index (χ2v) is 10.6. The van der Waals surface area contributed by atoms with Crippen molar-refractivity contribution in [2.45, 2.75) is 20.5 Å². The van der Waals surface area contributed by atoms with Crippen LogP contribution in [-0.4, -0.2) is 28.6 Å². The number of aliphatic hydroxyl groups is 1. The standard InChI is InChI=1S/C29H22Cl3NO5S/c1-3-37-29(36)25-26(34)24(39-28(25)33-27(35)20-7-5-4-6-16(20)2)13-17-8-11-23(22(32)12-17)38-15-18-9-10-19(30)14-21(18)31/h4-14,34H,3,15H2,1-2H3/b24-13-,33-28?. The third-order valence-electron chi connectivity index (χ3n) is 5.60. The second kappa shape index (κ2) is 12.7. The van der Waals surface area contributed by atoms with E-state index in [1.807, 2.05) is 6.07 Å². The van der Waals surface area contributed by atoms with Gasteiger partial charge in [-0.1, -0.05) is 76.9 Å². The van der Waals surface area contributed by atoms with Crippen LogP contribution in [0, 0.1) is 6.92 Å². The van der Waals surface area contributed by atoms with Crippen LogP contribution in [0.5, 0.6) is 5.75 Å². The van der Waals surface area contributed by atoms with Gasteiger partial charge in [-0.15, -0.1) is 0 Å². The molecule has 6 nitrogen and oxygen atoms in total. The normalized spacial score (nSPS) is 15.2. The molecule has 200 valence electrons. The van der Waals surface area contributed by atoms with Crippen LogP contribution in [-0.2, 0) is 16.1 Å². The SMILES string of the molecule is CCOC(=O)C1=C(O)/C(=C/c2ccc(OCc3ccc(Cl)cc3Cl)c(Cl)c2)SC1=NC(=O)c1ccccc1C. The Kier molecular flexibility index (Phi) is 9.40. The fourth-order valence-electron chi connectivity index (χ4n) is 3.63. The van der Waals surface area contributed by atoms with E-state index in [2.05, 4.69) is 4.99 Å². The Labute approximate surface area is 244 Å². The van der Waals surface area contributed by atoms with Crippen LogP contribution in [0.3, 0.4) is 0 Å². The van der Waals surface area contributed by atoms with Gasteiger partial charge in [0, 0.05) is 21.2 Å². The van der Waals surface area contributed by atoms with Gasteiger partial charge in [0.2, 0.25) is 0 Å². The number of rotatable bonds is 7. The topological polar surface area (TPSA) is 85.2 Å². The molecule has 0 saturated heterocycles. The maximum absolute atomic E-state index is 12.9. The minimum absolute atomic E-state index is 0.0522. The van der Waals surface area contributed by atoms with Gasteiger partial charge in [0.15, 0.2) is 0 Å². The number of aliphatic hydroxyl groups excluding tert-OH is 1. The number of aliphatic imine (C=N–C) groups is 1. The molecular formula is C29H22Cl3NO5S. The average molecular weight is 603 g/mol. The Bertz CT molecular complexity index is 1550. The molecule has 0 fully saturated rings. The van der Waals surface area contributed by atoms with Crippen LogP contribution in [0.4, 0.5) is 0 Å². The maximum Gasteiger partial charge on any atom is 0.344 e. The molecule has 0 spiro atoms. The highest BCUT2D eigenvalue weighted by atomic mass is 35.5. The first-order valence-corrected chi connectivity index (χ1v) is 13.7. The number of benzene rings is 3. The van der Waals surface area contributed by atoms with E-state index >= 15 is 0 Å². The lowest BCUT2D eigenvalue weighted by molar-refractivity contribution is -0.138. The molecule has 1 heterocycles. The summed E-state index contributed by atoms with van der Waals surface area (Å²) in [4.78, 5) is 30.0. The lowest BCUT2D eigenvalue weighted by Crippen LogP contribution is -2.14. The summed E-state index contributed by atoms with van der Waals surface area (Å²) in [6.45, 7) is 3.72. The number of aryl methyl sites for hydroxylation is 1. The van der Waals surface area contributed by atoms with Crippen LogP contribution >= 0.6 is 46.6 Å². The number of amides is 1. The molecule has 1 amide bonds. The molecule has 3 aromatic rings. The van der Waals surface area contributed by atoms with Gasteiger partial charge in [-0.05, 0) is 61.4 Å². The third-order valence-corrected chi connectivity index (χ3v) is 7.50. The van der Waals surface area contributed by atoms with Gasteiger partial charge in [0.05, 0.1) is 16.5 Å². The van der Waals surface area contributed by atoms with Crippen LogP contribution in [0.1, 0.15) is 34.0 Å². The Morgan fingerprint density at radius 3 is 2.49 bits per heavy atom. The van der Waals surface area contributed by atoms with Crippen LogP contribution < -0.4 is 4.74 Å². The molecule has 1 aliphatic heterocycles. The van der Waals surface area contributed by atoms with Crippen molar-refractivity contribution in [3.8, 4) is 5.75 Å². The maximum atomic E-state index is 12.9. The molecular weight excluding hydrogens is 581 g/mol. The minimum Gasteiger partial charge on any atom is -0.506 e. The van der Waals surface area contributed by atoms with Crippen molar-refractivity contribution in [2.75, 3.05) is 6.61 Å². The fraction of sp³-hybridized carbons (Fsp3) is 0.138. The van der Waals surface area contributed by atoms with Gasteiger partial charge in [0.25, 0.3) is 5.91 Å².